The summed E-state index contributed by atoms with van der Waals surface area (Å²) in [5.74, 6) is 0.564. The first kappa shape index (κ1) is 18.7. The molecule has 2 aromatic heterocycles. The lowest BCUT2D eigenvalue weighted by molar-refractivity contribution is -0.121. The SMILES string of the molecule is CC(=O)N[C@@]1(C)CCC[C@@H](Nc2ncc(Cl)c(-c3c[nH]c4ccccc34)n2)C1. The van der Waals surface area contributed by atoms with Gasteiger partial charge in [0.25, 0.3) is 0 Å². The second-order valence-electron chi connectivity index (χ2n) is 7.82. The summed E-state index contributed by atoms with van der Waals surface area (Å²) in [7, 11) is 0. The fourth-order valence-electron chi connectivity index (χ4n) is 4.22. The average molecular weight is 398 g/mol. The summed E-state index contributed by atoms with van der Waals surface area (Å²) < 4.78 is 0. The lowest BCUT2D eigenvalue weighted by Gasteiger charge is -2.38. The molecule has 2 atom stereocenters. The predicted octanol–water partition coefficient (Wildman–Crippen LogP) is 4.53. The molecule has 0 radical (unpaired) electrons. The molecular weight excluding hydrogens is 374 g/mol. The number of nitrogens with zero attached hydrogens (tertiary/aromatic N) is 2. The third-order valence-electron chi connectivity index (χ3n) is 5.38. The minimum Gasteiger partial charge on any atom is -0.360 e. The first-order chi connectivity index (χ1) is 13.4. The molecule has 3 aromatic rings. The molecule has 146 valence electrons. The van der Waals surface area contributed by atoms with Crippen molar-refractivity contribution in [1.29, 1.82) is 0 Å². The Morgan fingerprint density at radius 1 is 1.36 bits per heavy atom. The molecule has 0 saturated heterocycles. The second-order valence-corrected chi connectivity index (χ2v) is 8.22. The summed E-state index contributed by atoms with van der Waals surface area (Å²) in [4.78, 5) is 23.9. The first-order valence-electron chi connectivity index (χ1n) is 9.58. The van der Waals surface area contributed by atoms with Gasteiger partial charge in [-0.05, 0) is 38.7 Å². The number of halogens is 1. The summed E-state index contributed by atoms with van der Waals surface area (Å²) in [6.45, 7) is 3.67. The lowest BCUT2D eigenvalue weighted by atomic mass is 9.80. The molecule has 4 rings (SSSR count). The van der Waals surface area contributed by atoms with E-state index in [2.05, 4.69) is 27.5 Å². The van der Waals surface area contributed by atoms with Gasteiger partial charge >= 0.3 is 0 Å². The highest BCUT2D eigenvalue weighted by Crippen LogP contribution is 2.33. The van der Waals surface area contributed by atoms with Crippen LogP contribution in [0.5, 0.6) is 0 Å². The molecular formula is C21H24ClN5O. The number of nitrogens with one attached hydrogen (secondary N) is 3. The lowest BCUT2D eigenvalue weighted by Crippen LogP contribution is -2.50. The number of fused-ring (bicyclic) bond motifs is 1. The minimum absolute atomic E-state index is 0.00696. The molecule has 1 saturated carbocycles. The van der Waals surface area contributed by atoms with Crippen molar-refractivity contribution in [2.24, 2.45) is 0 Å². The molecule has 1 aliphatic rings. The molecule has 2 heterocycles. The quantitative estimate of drug-likeness (QED) is 0.604. The van der Waals surface area contributed by atoms with E-state index in [0.29, 0.717) is 16.7 Å². The summed E-state index contributed by atoms with van der Waals surface area (Å²) >= 11 is 6.42. The molecule has 0 unspecified atom stereocenters. The highest BCUT2D eigenvalue weighted by Gasteiger charge is 2.33. The van der Waals surface area contributed by atoms with Crippen LogP contribution in [0.4, 0.5) is 5.95 Å². The Kier molecular flexibility index (Phi) is 4.98. The van der Waals surface area contributed by atoms with E-state index in [1.165, 1.54) is 0 Å². The maximum absolute atomic E-state index is 11.5. The highest BCUT2D eigenvalue weighted by molar-refractivity contribution is 6.33. The first-order valence-corrected chi connectivity index (χ1v) is 9.96. The number of carbonyl (C=O) groups is 1. The largest absolute Gasteiger partial charge is 0.360 e. The number of carbonyl (C=O) groups excluding carboxylic acids is 1. The fourth-order valence-corrected chi connectivity index (χ4v) is 4.42. The fraction of sp³-hybridized carbons (Fsp3) is 0.381. The van der Waals surface area contributed by atoms with Crippen LogP contribution >= 0.6 is 11.6 Å². The van der Waals surface area contributed by atoms with Crippen LogP contribution in [0.2, 0.25) is 5.02 Å². The van der Waals surface area contributed by atoms with E-state index in [9.17, 15) is 4.79 Å². The van der Waals surface area contributed by atoms with Crippen molar-refractivity contribution < 1.29 is 4.79 Å². The smallest absolute Gasteiger partial charge is 0.223 e. The Morgan fingerprint density at radius 2 is 2.18 bits per heavy atom. The number of aromatic nitrogens is 3. The van der Waals surface area contributed by atoms with E-state index >= 15 is 0 Å². The van der Waals surface area contributed by atoms with Gasteiger partial charge in [-0.25, -0.2) is 9.97 Å². The molecule has 0 bridgehead atoms. The van der Waals surface area contributed by atoms with Crippen molar-refractivity contribution in [2.45, 2.75) is 51.1 Å². The number of H-pyrrole nitrogens is 1. The second kappa shape index (κ2) is 7.43. The monoisotopic (exact) mass is 397 g/mol. The van der Waals surface area contributed by atoms with E-state index in [1.807, 2.05) is 30.5 Å². The Morgan fingerprint density at radius 3 is 3.00 bits per heavy atom. The van der Waals surface area contributed by atoms with Crippen LogP contribution in [0.15, 0.2) is 36.7 Å². The standard InChI is InChI=1S/C21H24ClN5O/c1-13(28)27-21(2)9-5-6-14(10-21)25-20-24-12-17(22)19(26-20)16-11-23-18-8-4-3-7-15(16)18/h3-4,7-8,11-12,14,23H,5-6,9-10H2,1-2H3,(H,27,28)(H,24,25,26)/t14-,21+/m1/s1. The zero-order valence-corrected chi connectivity index (χ0v) is 16.8. The highest BCUT2D eigenvalue weighted by atomic mass is 35.5. The molecule has 1 aromatic carbocycles. The molecule has 3 N–H and O–H groups in total. The van der Waals surface area contributed by atoms with Crippen LogP contribution in [0.1, 0.15) is 39.5 Å². The van der Waals surface area contributed by atoms with Gasteiger partial charge in [0.15, 0.2) is 0 Å². The number of amides is 1. The Hall–Kier alpha value is -2.60. The van der Waals surface area contributed by atoms with Crippen molar-refractivity contribution in [1.82, 2.24) is 20.3 Å². The van der Waals surface area contributed by atoms with Gasteiger partial charge in [-0.2, -0.15) is 0 Å². The number of para-hydroxylation sites is 1. The van der Waals surface area contributed by atoms with E-state index < -0.39 is 0 Å². The van der Waals surface area contributed by atoms with Crippen molar-refractivity contribution in [2.75, 3.05) is 5.32 Å². The Balaban J connectivity index is 1.58. The summed E-state index contributed by atoms with van der Waals surface area (Å²) in [6.07, 6.45) is 7.44. The third kappa shape index (κ3) is 3.83. The maximum atomic E-state index is 11.5. The molecule has 7 heteroatoms. The molecule has 6 nitrogen and oxygen atoms in total. The van der Waals surface area contributed by atoms with Crippen LogP contribution < -0.4 is 10.6 Å². The van der Waals surface area contributed by atoms with Crippen LogP contribution in [0, 0.1) is 0 Å². The van der Waals surface area contributed by atoms with Gasteiger partial charge in [0.05, 0.1) is 16.9 Å². The summed E-state index contributed by atoms with van der Waals surface area (Å²) in [5, 5.41) is 8.13. The van der Waals surface area contributed by atoms with Crippen molar-refractivity contribution in [3.63, 3.8) is 0 Å². The van der Waals surface area contributed by atoms with Gasteiger partial charge in [0.1, 0.15) is 0 Å². The number of anilines is 1. The van der Waals surface area contributed by atoms with Crippen LogP contribution in [-0.2, 0) is 4.79 Å². The molecule has 1 amide bonds. The predicted molar refractivity (Wildman–Crippen MR) is 112 cm³/mol. The molecule has 1 aliphatic carbocycles. The zero-order valence-electron chi connectivity index (χ0n) is 16.1. The molecule has 0 aliphatic heterocycles. The number of benzene rings is 1. The van der Waals surface area contributed by atoms with Gasteiger partial charge in [0, 0.05) is 41.2 Å². The van der Waals surface area contributed by atoms with Crippen molar-refractivity contribution >= 4 is 34.4 Å². The van der Waals surface area contributed by atoms with Crippen molar-refractivity contribution in [3.8, 4) is 11.3 Å². The third-order valence-corrected chi connectivity index (χ3v) is 5.65. The van der Waals surface area contributed by atoms with Gasteiger partial charge in [-0.3, -0.25) is 4.79 Å². The summed E-state index contributed by atoms with van der Waals surface area (Å²) in [5.41, 5.74) is 2.50. The molecule has 28 heavy (non-hydrogen) atoms. The van der Waals surface area contributed by atoms with Gasteiger partial charge < -0.3 is 15.6 Å². The van der Waals surface area contributed by atoms with Crippen LogP contribution in [-0.4, -0.2) is 32.4 Å². The topological polar surface area (TPSA) is 82.7 Å². The Labute approximate surface area is 169 Å². The minimum atomic E-state index is -0.201. The Bertz CT molecular complexity index is 1020. The zero-order chi connectivity index (χ0) is 19.7. The maximum Gasteiger partial charge on any atom is 0.223 e. The number of hydrogen-bond acceptors (Lipinski definition) is 4. The van der Waals surface area contributed by atoms with Crippen LogP contribution in [0.3, 0.4) is 0 Å². The average Bonchev–Trinajstić information content (AvgIpc) is 3.06. The summed E-state index contributed by atoms with van der Waals surface area (Å²) in [6, 6.07) is 8.26. The van der Waals surface area contributed by atoms with E-state index in [4.69, 9.17) is 16.6 Å². The molecule has 0 spiro atoms. The van der Waals surface area contributed by atoms with E-state index in [1.54, 1.807) is 13.1 Å². The van der Waals surface area contributed by atoms with Gasteiger partial charge in [-0.15, -0.1) is 0 Å². The number of rotatable bonds is 4. The van der Waals surface area contributed by atoms with Crippen LogP contribution in [0.25, 0.3) is 22.2 Å². The van der Waals surface area contributed by atoms with Gasteiger partial charge in [-0.1, -0.05) is 29.8 Å². The van der Waals surface area contributed by atoms with E-state index in [-0.39, 0.29) is 17.5 Å². The van der Waals surface area contributed by atoms with Crippen molar-refractivity contribution in [3.05, 3.63) is 41.7 Å². The van der Waals surface area contributed by atoms with Gasteiger partial charge in [0.2, 0.25) is 11.9 Å². The molecule has 1 fully saturated rings. The number of aromatic amines is 1. The normalized spacial score (nSPS) is 22.2. The number of hydrogen-bond donors (Lipinski definition) is 3. The van der Waals surface area contributed by atoms with E-state index in [0.717, 1.165) is 42.1 Å².